The summed E-state index contributed by atoms with van der Waals surface area (Å²) in [6.07, 6.45) is 5.56. The molecule has 1 aromatic carbocycles. The van der Waals surface area contributed by atoms with Crippen molar-refractivity contribution in [1.82, 2.24) is 4.90 Å². The van der Waals surface area contributed by atoms with Gasteiger partial charge in [0.25, 0.3) is 11.6 Å². The number of benzene rings is 1. The maximum Gasteiger partial charge on any atom is 0.340 e. The van der Waals surface area contributed by atoms with Crippen LogP contribution < -0.4 is 0 Å². The van der Waals surface area contributed by atoms with E-state index >= 15 is 0 Å². The minimum atomic E-state index is -0.551. The molecule has 1 heterocycles. The van der Waals surface area contributed by atoms with Crippen molar-refractivity contribution in [3.05, 3.63) is 56.8 Å². The fourth-order valence-corrected chi connectivity index (χ4v) is 3.66. The summed E-state index contributed by atoms with van der Waals surface area (Å²) in [6.45, 7) is 1.76. The Labute approximate surface area is 151 Å². The van der Waals surface area contributed by atoms with Gasteiger partial charge in [-0.1, -0.05) is 12.8 Å². The molecule has 1 amide bonds. The first-order chi connectivity index (χ1) is 12.4. The SMILES string of the molecule is COC(=O)C1=C(C)N(C2CCCC2)C(=O)C1=Cc1ccc([N+](=O)[O-])cc1. The standard InChI is InChI=1S/C19H20N2O5/c1-12-17(19(23)26-2)16(18(22)20(12)14-5-3-4-6-14)11-13-7-9-15(10-8-13)21(24)25/h7-11,14H,3-6H2,1-2H3. The van der Waals surface area contributed by atoms with Gasteiger partial charge in [0, 0.05) is 23.9 Å². The summed E-state index contributed by atoms with van der Waals surface area (Å²) in [5, 5.41) is 10.8. The van der Waals surface area contributed by atoms with Crippen LogP contribution in [0.3, 0.4) is 0 Å². The van der Waals surface area contributed by atoms with Gasteiger partial charge in [-0.3, -0.25) is 14.9 Å². The Morgan fingerprint density at radius 2 is 1.88 bits per heavy atom. The third kappa shape index (κ3) is 3.12. The number of nitro benzene ring substituents is 1. The van der Waals surface area contributed by atoms with Crippen molar-refractivity contribution >= 4 is 23.6 Å². The van der Waals surface area contributed by atoms with E-state index in [2.05, 4.69) is 0 Å². The van der Waals surface area contributed by atoms with Crippen LogP contribution in [0.15, 0.2) is 41.1 Å². The van der Waals surface area contributed by atoms with E-state index in [-0.39, 0.29) is 28.8 Å². The zero-order chi connectivity index (χ0) is 18.8. The Hall–Kier alpha value is -2.96. The van der Waals surface area contributed by atoms with Crippen LogP contribution >= 0.6 is 0 Å². The third-order valence-electron chi connectivity index (χ3n) is 4.94. The number of methoxy groups -OCH3 is 1. The molecule has 1 fully saturated rings. The highest BCUT2D eigenvalue weighted by atomic mass is 16.6. The number of carbonyl (C=O) groups excluding carboxylic acids is 2. The Kier molecular flexibility index (Phi) is 4.88. The van der Waals surface area contributed by atoms with E-state index in [4.69, 9.17) is 4.74 Å². The van der Waals surface area contributed by atoms with Gasteiger partial charge in [-0.05, 0) is 43.5 Å². The highest BCUT2D eigenvalue weighted by Gasteiger charge is 2.40. The number of allylic oxidation sites excluding steroid dienone is 1. The molecule has 7 heteroatoms. The Morgan fingerprint density at radius 1 is 1.27 bits per heavy atom. The van der Waals surface area contributed by atoms with Crippen LogP contribution in [0.25, 0.3) is 6.08 Å². The lowest BCUT2D eigenvalue weighted by molar-refractivity contribution is -0.384. The predicted molar refractivity (Wildman–Crippen MR) is 94.9 cm³/mol. The molecular formula is C19H20N2O5. The highest BCUT2D eigenvalue weighted by Crippen LogP contribution is 2.37. The van der Waals surface area contributed by atoms with E-state index in [9.17, 15) is 19.7 Å². The summed E-state index contributed by atoms with van der Waals surface area (Å²) < 4.78 is 4.88. The summed E-state index contributed by atoms with van der Waals surface area (Å²) in [6, 6.07) is 5.95. The van der Waals surface area contributed by atoms with Crippen LogP contribution in [0.4, 0.5) is 5.69 Å². The molecule has 1 saturated carbocycles. The highest BCUT2D eigenvalue weighted by molar-refractivity contribution is 6.16. The molecule has 3 rings (SSSR count). The first-order valence-electron chi connectivity index (χ1n) is 8.53. The minimum absolute atomic E-state index is 0.0302. The molecule has 26 heavy (non-hydrogen) atoms. The zero-order valence-corrected chi connectivity index (χ0v) is 14.7. The molecule has 0 N–H and O–H groups in total. The quantitative estimate of drug-likeness (QED) is 0.358. The number of hydrogen-bond acceptors (Lipinski definition) is 5. The third-order valence-corrected chi connectivity index (χ3v) is 4.94. The molecule has 0 bridgehead atoms. The number of nitrogens with zero attached hydrogens (tertiary/aromatic N) is 2. The minimum Gasteiger partial charge on any atom is -0.465 e. The Bertz CT molecular complexity index is 817. The topological polar surface area (TPSA) is 89.8 Å². The van der Waals surface area contributed by atoms with Crippen LogP contribution in [0.2, 0.25) is 0 Å². The smallest absolute Gasteiger partial charge is 0.340 e. The van der Waals surface area contributed by atoms with Gasteiger partial charge >= 0.3 is 5.97 Å². The molecule has 136 valence electrons. The largest absolute Gasteiger partial charge is 0.465 e. The molecule has 0 spiro atoms. The van der Waals surface area contributed by atoms with Crippen molar-refractivity contribution in [3.8, 4) is 0 Å². The van der Waals surface area contributed by atoms with Gasteiger partial charge in [-0.25, -0.2) is 4.79 Å². The van der Waals surface area contributed by atoms with Crippen molar-refractivity contribution < 1.29 is 19.2 Å². The molecule has 0 aromatic heterocycles. The number of carbonyl (C=O) groups is 2. The molecule has 0 saturated heterocycles. The number of non-ortho nitro benzene ring substituents is 1. The Morgan fingerprint density at radius 3 is 2.42 bits per heavy atom. The van der Waals surface area contributed by atoms with Gasteiger partial charge in [-0.15, -0.1) is 0 Å². The average molecular weight is 356 g/mol. The lowest BCUT2D eigenvalue weighted by Crippen LogP contribution is -2.34. The van der Waals surface area contributed by atoms with Gasteiger partial charge in [0.05, 0.1) is 23.2 Å². The second kappa shape index (κ2) is 7.11. The number of amides is 1. The molecule has 2 aliphatic rings. The molecule has 1 aliphatic carbocycles. The van der Waals surface area contributed by atoms with Gasteiger partial charge in [-0.2, -0.15) is 0 Å². The summed E-state index contributed by atoms with van der Waals surface area (Å²) in [4.78, 5) is 37.3. The van der Waals surface area contributed by atoms with E-state index < -0.39 is 10.9 Å². The van der Waals surface area contributed by atoms with Crippen molar-refractivity contribution in [1.29, 1.82) is 0 Å². The monoisotopic (exact) mass is 356 g/mol. The van der Waals surface area contributed by atoms with Gasteiger partial charge in [0.1, 0.15) is 0 Å². The molecule has 1 aromatic rings. The summed E-state index contributed by atoms with van der Waals surface area (Å²) in [5.74, 6) is -0.766. The zero-order valence-electron chi connectivity index (χ0n) is 14.7. The molecule has 0 atom stereocenters. The first-order valence-corrected chi connectivity index (χ1v) is 8.53. The van der Waals surface area contributed by atoms with E-state index in [0.29, 0.717) is 11.3 Å². The number of hydrogen-bond donors (Lipinski definition) is 0. The summed E-state index contributed by atoms with van der Waals surface area (Å²) in [7, 11) is 1.29. The normalized spacial score (nSPS) is 19.5. The van der Waals surface area contributed by atoms with Crippen molar-refractivity contribution in [3.63, 3.8) is 0 Å². The van der Waals surface area contributed by atoms with Gasteiger partial charge in [0.15, 0.2) is 0 Å². The summed E-state index contributed by atoms with van der Waals surface area (Å²) >= 11 is 0. The molecule has 7 nitrogen and oxygen atoms in total. The van der Waals surface area contributed by atoms with Gasteiger partial charge in [0.2, 0.25) is 0 Å². The van der Waals surface area contributed by atoms with Crippen molar-refractivity contribution in [2.45, 2.75) is 38.6 Å². The maximum atomic E-state index is 13.0. The van der Waals surface area contributed by atoms with Gasteiger partial charge < -0.3 is 9.64 Å². The lowest BCUT2D eigenvalue weighted by Gasteiger charge is -2.25. The van der Waals surface area contributed by atoms with Crippen LogP contribution in [0, 0.1) is 10.1 Å². The molecular weight excluding hydrogens is 336 g/mol. The average Bonchev–Trinajstić information content (AvgIpc) is 3.22. The van der Waals surface area contributed by atoms with Crippen molar-refractivity contribution in [2.24, 2.45) is 0 Å². The molecule has 0 radical (unpaired) electrons. The Balaban J connectivity index is 2.01. The van der Waals surface area contributed by atoms with E-state index in [0.717, 1.165) is 25.7 Å². The lowest BCUT2D eigenvalue weighted by atomic mass is 10.0. The molecule has 0 unspecified atom stereocenters. The van der Waals surface area contributed by atoms with Crippen LogP contribution in [0.1, 0.15) is 38.2 Å². The predicted octanol–water partition coefficient (Wildman–Crippen LogP) is 3.21. The van der Waals surface area contributed by atoms with Crippen LogP contribution in [-0.4, -0.2) is 34.9 Å². The van der Waals surface area contributed by atoms with E-state index in [1.54, 1.807) is 30.0 Å². The van der Waals surface area contributed by atoms with Crippen LogP contribution in [-0.2, 0) is 14.3 Å². The number of rotatable bonds is 4. The number of esters is 1. The van der Waals surface area contributed by atoms with E-state index in [1.165, 1.54) is 19.2 Å². The maximum absolute atomic E-state index is 13.0. The summed E-state index contributed by atoms with van der Waals surface area (Å²) in [5.41, 5.74) is 1.73. The molecule has 1 aliphatic heterocycles. The second-order valence-corrected chi connectivity index (χ2v) is 6.47. The van der Waals surface area contributed by atoms with E-state index in [1.807, 2.05) is 0 Å². The number of nitro groups is 1. The fraction of sp³-hybridized carbons (Fsp3) is 0.368. The fourth-order valence-electron chi connectivity index (χ4n) is 3.66. The second-order valence-electron chi connectivity index (χ2n) is 6.47. The number of ether oxygens (including phenoxy) is 1. The van der Waals surface area contributed by atoms with Crippen molar-refractivity contribution in [2.75, 3.05) is 7.11 Å². The first kappa shape index (κ1) is 17.8. The van der Waals surface area contributed by atoms with Crippen LogP contribution in [0.5, 0.6) is 0 Å².